The first-order chi connectivity index (χ1) is 18.2. The lowest BCUT2D eigenvalue weighted by Gasteiger charge is -2.29. The zero-order valence-electron chi connectivity index (χ0n) is 22.1. The van der Waals surface area contributed by atoms with E-state index >= 15 is 0 Å². The van der Waals surface area contributed by atoms with Crippen molar-refractivity contribution >= 4 is 23.2 Å². The van der Waals surface area contributed by atoms with Gasteiger partial charge in [0.25, 0.3) is 5.88 Å². The number of nitrogens with zero attached hydrogens (tertiary/aromatic N) is 3. The molecule has 0 spiro atoms. The third-order valence-corrected chi connectivity index (χ3v) is 7.73. The summed E-state index contributed by atoms with van der Waals surface area (Å²) in [5, 5.41) is 17.3. The van der Waals surface area contributed by atoms with Crippen LogP contribution in [0.3, 0.4) is 0 Å². The number of nitrogens with two attached hydrogens (primary N) is 1. The van der Waals surface area contributed by atoms with Crippen LogP contribution in [0.1, 0.15) is 56.2 Å². The fourth-order valence-electron chi connectivity index (χ4n) is 4.77. The molecule has 11 heteroatoms. The van der Waals surface area contributed by atoms with Crippen molar-refractivity contribution in [2.45, 2.75) is 58.2 Å². The van der Waals surface area contributed by atoms with E-state index in [2.05, 4.69) is 15.5 Å². The Labute approximate surface area is 226 Å². The third-order valence-electron chi connectivity index (χ3n) is 6.76. The van der Waals surface area contributed by atoms with Crippen LogP contribution in [0.15, 0.2) is 40.4 Å². The molecule has 1 saturated heterocycles. The molecule has 204 valence electrons. The summed E-state index contributed by atoms with van der Waals surface area (Å²) >= 11 is 1.59. The molecule has 10 nitrogen and oxygen atoms in total. The summed E-state index contributed by atoms with van der Waals surface area (Å²) in [6, 6.07) is 8.50. The number of likely N-dealkylation sites (tertiary alicyclic amines) is 1. The Kier molecular flexibility index (Phi) is 8.80. The van der Waals surface area contributed by atoms with Crippen molar-refractivity contribution in [2.75, 3.05) is 19.7 Å². The highest BCUT2D eigenvalue weighted by molar-refractivity contribution is 7.13. The average Bonchev–Trinajstić information content (AvgIpc) is 3.62. The number of carbonyl (C=O) groups is 2. The summed E-state index contributed by atoms with van der Waals surface area (Å²) in [5.74, 6) is -0.823. The van der Waals surface area contributed by atoms with Gasteiger partial charge in [-0.25, -0.2) is 4.98 Å². The van der Waals surface area contributed by atoms with E-state index in [0.717, 1.165) is 21.7 Å². The number of β-amino-alcohol motifs (C(OH)–C–C–N with tert-alkyl or cyclic N) is 1. The van der Waals surface area contributed by atoms with Gasteiger partial charge >= 0.3 is 0 Å². The number of aliphatic hydroxyl groups excluding tert-OH is 1. The van der Waals surface area contributed by atoms with Crippen molar-refractivity contribution in [3.8, 4) is 16.3 Å². The van der Waals surface area contributed by atoms with Gasteiger partial charge in [-0.05, 0) is 36.0 Å². The molecule has 38 heavy (non-hydrogen) atoms. The van der Waals surface area contributed by atoms with Gasteiger partial charge in [0.2, 0.25) is 11.8 Å². The molecule has 0 aliphatic carbocycles. The minimum absolute atomic E-state index is 0.0715. The summed E-state index contributed by atoms with van der Waals surface area (Å²) in [6.45, 7) is 8.34. The van der Waals surface area contributed by atoms with Crippen LogP contribution < -0.4 is 15.8 Å². The molecule has 0 unspecified atom stereocenters. The highest BCUT2D eigenvalue weighted by Gasteiger charge is 2.43. The van der Waals surface area contributed by atoms with Crippen molar-refractivity contribution in [2.24, 2.45) is 11.7 Å². The molecule has 4 N–H and O–H groups in total. The van der Waals surface area contributed by atoms with Crippen LogP contribution in [0.2, 0.25) is 0 Å². The topological polar surface area (TPSA) is 144 Å². The van der Waals surface area contributed by atoms with Crippen molar-refractivity contribution in [3.63, 3.8) is 0 Å². The van der Waals surface area contributed by atoms with Gasteiger partial charge in [-0.15, -0.1) is 11.3 Å². The Bertz CT molecular complexity index is 1240. The van der Waals surface area contributed by atoms with Crippen LogP contribution in [-0.4, -0.2) is 63.8 Å². The van der Waals surface area contributed by atoms with Crippen LogP contribution in [0.4, 0.5) is 0 Å². The van der Waals surface area contributed by atoms with Gasteiger partial charge in [0.15, 0.2) is 5.76 Å². The SMILES string of the molecule is Cc1ncsc1-c1ccc([C@H](C)NC(=O)[C@@H]2C[C@@H](O)CN2C(=O)[C@@H](c2cc(OCCN)no2)C(C)C)cc1. The molecule has 0 saturated carbocycles. The molecule has 0 radical (unpaired) electrons. The minimum atomic E-state index is -0.795. The Balaban J connectivity index is 1.46. The zero-order valence-corrected chi connectivity index (χ0v) is 22.9. The molecule has 2 aromatic heterocycles. The molecule has 1 aliphatic heterocycles. The zero-order chi connectivity index (χ0) is 27.4. The summed E-state index contributed by atoms with van der Waals surface area (Å²) in [4.78, 5) is 33.9. The Hall–Kier alpha value is -3.28. The molecule has 1 aromatic carbocycles. The number of aryl methyl sites for hydroxylation is 1. The van der Waals surface area contributed by atoms with E-state index in [0.29, 0.717) is 12.3 Å². The summed E-state index contributed by atoms with van der Waals surface area (Å²) in [7, 11) is 0. The maximum atomic E-state index is 13.7. The second-order valence-corrected chi connectivity index (χ2v) is 10.8. The first-order valence-corrected chi connectivity index (χ1v) is 13.7. The number of benzene rings is 1. The number of hydrogen-bond acceptors (Lipinski definition) is 9. The molecule has 3 heterocycles. The van der Waals surface area contributed by atoms with E-state index in [-0.39, 0.29) is 49.2 Å². The van der Waals surface area contributed by atoms with Gasteiger partial charge in [-0.1, -0.05) is 38.1 Å². The maximum absolute atomic E-state index is 13.7. The van der Waals surface area contributed by atoms with Crippen molar-refractivity contribution in [1.29, 1.82) is 0 Å². The normalized spacial score (nSPS) is 19.0. The first-order valence-electron chi connectivity index (χ1n) is 12.8. The standard InChI is InChI=1S/C27H35N5O5S/c1-15(2)24(22-12-23(31-37-22)36-10-9-28)27(35)32-13-20(33)11-21(32)26(34)30-16(3)18-5-7-19(8-6-18)25-17(4)29-14-38-25/h5-8,12,14-16,20-21,24,33H,9-11,13,28H2,1-4H3,(H,30,34)/t16-,20+,21-,24+/m0/s1. The Morgan fingerprint density at radius 1 is 1.29 bits per heavy atom. The van der Waals surface area contributed by atoms with Crippen LogP contribution >= 0.6 is 11.3 Å². The van der Waals surface area contributed by atoms with Gasteiger partial charge in [0.05, 0.1) is 28.2 Å². The molecule has 1 fully saturated rings. The predicted molar refractivity (Wildman–Crippen MR) is 144 cm³/mol. The average molecular weight is 542 g/mol. The fraction of sp³-hybridized carbons (Fsp3) is 0.481. The van der Waals surface area contributed by atoms with Crippen LogP contribution in [0.5, 0.6) is 5.88 Å². The second kappa shape index (κ2) is 12.1. The number of rotatable bonds is 10. The van der Waals surface area contributed by atoms with Crippen LogP contribution in [0, 0.1) is 12.8 Å². The fourth-order valence-corrected chi connectivity index (χ4v) is 5.58. The predicted octanol–water partition coefficient (Wildman–Crippen LogP) is 3.02. The smallest absolute Gasteiger partial charge is 0.254 e. The van der Waals surface area contributed by atoms with Gasteiger partial charge in [0.1, 0.15) is 18.6 Å². The molecule has 2 amide bonds. The quantitative estimate of drug-likeness (QED) is 0.355. The van der Waals surface area contributed by atoms with Gasteiger partial charge < -0.3 is 30.3 Å². The lowest BCUT2D eigenvalue weighted by Crippen LogP contribution is -2.48. The molecule has 3 aromatic rings. The number of thiazole rings is 1. The highest BCUT2D eigenvalue weighted by Crippen LogP contribution is 2.33. The summed E-state index contributed by atoms with van der Waals surface area (Å²) in [5.41, 5.74) is 10.3. The molecule has 4 rings (SSSR count). The molecule has 1 aliphatic rings. The molecule has 0 bridgehead atoms. The number of ether oxygens (including phenoxy) is 1. The van der Waals surface area contributed by atoms with E-state index in [9.17, 15) is 14.7 Å². The Morgan fingerprint density at radius 2 is 2.03 bits per heavy atom. The van der Waals surface area contributed by atoms with Crippen molar-refractivity contribution in [3.05, 3.63) is 52.9 Å². The van der Waals surface area contributed by atoms with E-state index < -0.39 is 18.1 Å². The number of carbonyl (C=O) groups excluding carboxylic acids is 2. The monoisotopic (exact) mass is 541 g/mol. The van der Waals surface area contributed by atoms with E-state index in [4.69, 9.17) is 15.0 Å². The highest BCUT2D eigenvalue weighted by atomic mass is 32.1. The molecular weight excluding hydrogens is 506 g/mol. The van der Waals surface area contributed by atoms with E-state index in [1.54, 1.807) is 17.4 Å². The number of amides is 2. The Morgan fingerprint density at radius 3 is 2.66 bits per heavy atom. The van der Waals surface area contributed by atoms with Crippen molar-refractivity contribution in [1.82, 2.24) is 20.4 Å². The number of aromatic nitrogens is 2. The summed E-state index contributed by atoms with van der Waals surface area (Å²) in [6.07, 6.45) is -0.627. The van der Waals surface area contributed by atoms with Gasteiger partial charge in [-0.3, -0.25) is 9.59 Å². The third kappa shape index (κ3) is 6.06. The summed E-state index contributed by atoms with van der Waals surface area (Å²) < 4.78 is 10.8. The second-order valence-electron chi connectivity index (χ2n) is 9.94. The number of hydrogen-bond donors (Lipinski definition) is 3. The van der Waals surface area contributed by atoms with E-state index in [1.165, 1.54) is 4.90 Å². The first kappa shape index (κ1) is 27.7. The molecule has 4 atom stereocenters. The van der Waals surface area contributed by atoms with Gasteiger partial charge in [-0.2, -0.15) is 0 Å². The van der Waals surface area contributed by atoms with Crippen molar-refractivity contribution < 1.29 is 24.0 Å². The van der Waals surface area contributed by atoms with E-state index in [1.807, 2.05) is 57.5 Å². The maximum Gasteiger partial charge on any atom is 0.254 e. The van der Waals surface area contributed by atoms with Crippen LogP contribution in [-0.2, 0) is 9.59 Å². The number of nitrogens with one attached hydrogen (secondary N) is 1. The van der Waals surface area contributed by atoms with Crippen LogP contribution in [0.25, 0.3) is 10.4 Å². The largest absolute Gasteiger partial charge is 0.474 e. The van der Waals surface area contributed by atoms with Gasteiger partial charge in [0, 0.05) is 25.6 Å². The lowest BCUT2D eigenvalue weighted by atomic mass is 9.91. The number of aliphatic hydroxyl groups is 1. The molecular formula is C27H35N5O5S. The minimum Gasteiger partial charge on any atom is -0.474 e. The lowest BCUT2D eigenvalue weighted by molar-refractivity contribution is -0.141.